The Balaban J connectivity index is 0. The van der Waals surface area contributed by atoms with Crippen LogP contribution in [0.25, 0.3) is 0 Å². The van der Waals surface area contributed by atoms with Crippen LogP contribution in [-0.2, 0) is 14.6 Å². The highest BCUT2D eigenvalue weighted by Crippen LogP contribution is 2.14. The Morgan fingerprint density at radius 2 is 1.15 bits per heavy atom. The largest absolute Gasteiger partial charge is 0.726 e. The monoisotopic (exact) mass is 509 g/mol. The van der Waals surface area contributed by atoms with E-state index in [2.05, 4.69) is 30.3 Å². The average Bonchev–Trinajstić information content (AvgIpc) is 2.78. The van der Waals surface area contributed by atoms with Gasteiger partial charge in [0.25, 0.3) is 0 Å². The molecule has 0 aliphatic rings. The smallest absolute Gasteiger partial charge is 0.217 e. The van der Waals surface area contributed by atoms with Crippen molar-refractivity contribution in [3.8, 4) is 0 Å². The van der Waals surface area contributed by atoms with Gasteiger partial charge >= 0.3 is 0 Å². The zero-order valence-electron chi connectivity index (χ0n) is 22.4. The molecule has 0 saturated carbocycles. The summed E-state index contributed by atoms with van der Waals surface area (Å²) in [6, 6.07) is 0. The Kier molecular flexibility index (Phi) is 26.8. The Morgan fingerprint density at radius 1 is 0.735 bits per heavy atom. The summed E-state index contributed by atoms with van der Waals surface area (Å²) in [5, 5.41) is 18.5. The minimum atomic E-state index is -4.42. The number of hydrogen-bond acceptors (Lipinski definition) is 6. The second kappa shape index (κ2) is 25.6. The fraction of sp³-hybridized carbons (Fsp3) is 0.923. The van der Waals surface area contributed by atoms with Crippen molar-refractivity contribution in [3.05, 3.63) is 12.3 Å². The van der Waals surface area contributed by atoms with E-state index in [0.29, 0.717) is 17.6 Å². The molecule has 0 atom stereocenters. The zero-order chi connectivity index (χ0) is 26.0. The first-order valence-corrected chi connectivity index (χ1v) is 15.0. The molecular weight excluding hydrogens is 454 g/mol. The lowest BCUT2D eigenvalue weighted by Crippen LogP contribution is -2.46. The molecule has 7 nitrogen and oxygen atoms in total. The molecule has 0 aromatic carbocycles. The van der Waals surface area contributed by atoms with Crippen molar-refractivity contribution in [2.24, 2.45) is 0 Å². The third kappa shape index (κ3) is 26.1. The first-order chi connectivity index (χ1) is 16.3. The van der Waals surface area contributed by atoms with Gasteiger partial charge in [-0.15, -0.1) is 0 Å². The second-order valence-electron chi connectivity index (χ2n) is 9.01. The van der Waals surface area contributed by atoms with Crippen molar-refractivity contribution in [3.63, 3.8) is 0 Å². The number of hydrogen-bond donors (Lipinski definition) is 2. The molecule has 0 heterocycles. The molecule has 0 spiro atoms. The van der Waals surface area contributed by atoms with E-state index in [1.807, 2.05) is 0 Å². The molecule has 0 bridgehead atoms. The molecule has 0 aliphatic carbocycles. The quantitative estimate of drug-likeness (QED) is 0.0794. The fourth-order valence-electron chi connectivity index (χ4n) is 3.98. The van der Waals surface area contributed by atoms with Crippen molar-refractivity contribution >= 4 is 10.4 Å². The maximum Gasteiger partial charge on any atom is 0.217 e. The number of likely N-dealkylation sites (N-methyl/N-ethyl adjacent to an activating group) is 1. The second-order valence-corrected chi connectivity index (χ2v) is 10.1. The molecule has 0 aliphatic heterocycles. The molecule has 0 rings (SSSR count). The molecule has 2 N–H and O–H groups in total. The summed E-state index contributed by atoms with van der Waals surface area (Å²) in [6.07, 6.45) is 25.2. The van der Waals surface area contributed by atoms with Crippen LogP contribution in [0.5, 0.6) is 0 Å². The normalized spacial score (nSPS) is 12.2. The third-order valence-electron chi connectivity index (χ3n) is 6.13. The topological polar surface area (TPSA) is 107 Å². The number of rotatable bonds is 23. The van der Waals surface area contributed by atoms with Gasteiger partial charge in [0.1, 0.15) is 13.1 Å². The standard InChI is InChI=1S/C24H50NO2.C2H6O4S/c1-3-5-6-7-8-9-10-11-12-13-14-15-16-17-18-19-20-25(4-2,21-23-26)22-24-27;1-2-6-7(3,4)5/h19-20,26-27H,3-18,21-24H2,1-2H3;2H2,1H3,(H,3,4,5)/q+1;/p-1/b20-19+;. The van der Waals surface area contributed by atoms with E-state index in [4.69, 9.17) is 0 Å². The summed E-state index contributed by atoms with van der Waals surface area (Å²) in [5.74, 6) is 0. The number of nitrogens with zero attached hydrogens (tertiary/aromatic N) is 1. The predicted octanol–water partition coefficient (Wildman–Crippen LogP) is 5.68. The summed E-state index contributed by atoms with van der Waals surface area (Å²) in [7, 11) is -4.42. The molecular formula is C26H55NO6S. The van der Waals surface area contributed by atoms with E-state index >= 15 is 0 Å². The lowest BCUT2D eigenvalue weighted by atomic mass is 10.0. The van der Waals surface area contributed by atoms with Crippen molar-refractivity contribution in [2.75, 3.05) is 39.5 Å². The Labute approximate surface area is 211 Å². The summed E-state index contributed by atoms with van der Waals surface area (Å²) >= 11 is 0. The lowest BCUT2D eigenvalue weighted by Gasteiger charge is -2.32. The van der Waals surface area contributed by atoms with Gasteiger partial charge in [-0.05, 0) is 32.8 Å². The van der Waals surface area contributed by atoms with E-state index < -0.39 is 10.4 Å². The van der Waals surface area contributed by atoms with Crippen molar-refractivity contribution in [1.29, 1.82) is 0 Å². The van der Waals surface area contributed by atoms with E-state index in [9.17, 15) is 23.2 Å². The minimum absolute atomic E-state index is 0.0914. The maximum absolute atomic E-state index is 9.45. The molecule has 34 heavy (non-hydrogen) atoms. The highest BCUT2D eigenvalue weighted by atomic mass is 32.3. The van der Waals surface area contributed by atoms with Crippen molar-refractivity contribution < 1.29 is 31.8 Å². The van der Waals surface area contributed by atoms with Gasteiger partial charge in [-0.1, -0.05) is 90.4 Å². The van der Waals surface area contributed by atoms with E-state index in [0.717, 1.165) is 13.0 Å². The van der Waals surface area contributed by atoms with Gasteiger partial charge in [0.05, 0.1) is 32.6 Å². The molecule has 0 unspecified atom stereocenters. The van der Waals surface area contributed by atoms with Crippen molar-refractivity contribution in [1.82, 2.24) is 0 Å². The first kappa shape index (κ1) is 35.7. The number of quaternary nitrogens is 1. The van der Waals surface area contributed by atoms with Crippen LogP contribution < -0.4 is 0 Å². The summed E-state index contributed by atoms with van der Waals surface area (Å²) in [6.45, 7) is 8.43. The fourth-order valence-corrected chi connectivity index (χ4v) is 4.27. The van der Waals surface area contributed by atoms with Crippen LogP contribution in [0.3, 0.4) is 0 Å². The molecule has 8 heteroatoms. The van der Waals surface area contributed by atoms with E-state index in [1.165, 1.54) is 96.8 Å². The Hall–Kier alpha value is -0.510. The van der Waals surface area contributed by atoms with Crippen LogP contribution in [0.4, 0.5) is 0 Å². The minimum Gasteiger partial charge on any atom is -0.726 e. The number of unbranched alkanes of at least 4 members (excludes halogenated alkanes) is 14. The molecule has 0 saturated heterocycles. The number of allylic oxidation sites excluding steroid dienone is 1. The van der Waals surface area contributed by atoms with Crippen LogP contribution in [0, 0.1) is 0 Å². The summed E-state index contributed by atoms with van der Waals surface area (Å²) in [4.78, 5) is 0. The SMILES string of the molecule is CCCCCCCCCCCCCCCC/C=C/[N+](CC)(CCO)CCO.CCOS(=O)(=O)[O-]. The number of aliphatic hydroxyl groups is 2. The van der Waals surface area contributed by atoms with E-state index in [-0.39, 0.29) is 19.8 Å². The first-order valence-electron chi connectivity index (χ1n) is 13.7. The van der Waals surface area contributed by atoms with Crippen LogP contribution in [0.2, 0.25) is 0 Å². The summed E-state index contributed by atoms with van der Waals surface area (Å²) in [5.41, 5.74) is 0. The van der Waals surface area contributed by atoms with Gasteiger partial charge < -0.3 is 14.8 Å². The van der Waals surface area contributed by atoms with Crippen LogP contribution in [-0.4, -0.2) is 67.1 Å². The van der Waals surface area contributed by atoms with Crippen LogP contribution >= 0.6 is 0 Å². The van der Waals surface area contributed by atoms with Gasteiger partial charge in [-0.2, -0.15) is 0 Å². The average molecular weight is 510 g/mol. The molecule has 0 aromatic heterocycles. The summed E-state index contributed by atoms with van der Waals surface area (Å²) < 4.78 is 32.7. The zero-order valence-corrected chi connectivity index (χ0v) is 23.2. The maximum atomic E-state index is 9.45. The van der Waals surface area contributed by atoms with Crippen LogP contribution in [0.1, 0.15) is 117 Å². The Bertz CT molecular complexity index is 533. The third-order valence-corrected chi connectivity index (χ3v) is 6.65. The van der Waals surface area contributed by atoms with Gasteiger partial charge in [0.2, 0.25) is 10.4 Å². The van der Waals surface area contributed by atoms with Crippen molar-refractivity contribution in [2.45, 2.75) is 117 Å². The molecule has 0 fully saturated rings. The molecule has 0 aromatic rings. The van der Waals surface area contributed by atoms with Gasteiger partial charge in [-0.25, -0.2) is 8.42 Å². The van der Waals surface area contributed by atoms with Crippen LogP contribution in [0.15, 0.2) is 12.3 Å². The molecule has 206 valence electrons. The predicted molar refractivity (Wildman–Crippen MR) is 140 cm³/mol. The number of aliphatic hydroxyl groups excluding tert-OH is 2. The molecule has 0 amide bonds. The molecule has 0 radical (unpaired) electrons. The highest BCUT2D eigenvalue weighted by Gasteiger charge is 2.20. The Morgan fingerprint density at radius 3 is 1.44 bits per heavy atom. The van der Waals surface area contributed by atoms with Gasteiger partial charge in [0.15, 0.2) is 0 Å². The van der Waals surface area contributed by atoms with Gasteiger partial charge in [0, 0.05) is 0 Å². The highest BCUT2D eigenvalue weighted by molar-refractivity contribution is 7.80. The van der Waals surface area contributed by atoms with Gasteiger partial charge in [-0.3, -0.25) is 8.67 Å². The van der Waals surface area contributed by atoms with E-state index in [1.54, 1.807) is 0 Å². The lowest BCUT2D eigenvalue weighted by molar-refractivity contribution is -0.878.